The van der Waals surface area contributed by atoms with Gasteiger partial charge in [-0.25, -0.2) is 5.01 Å². The van der Waals surface area contributed by atoms with Crippen molar-refractivity contribution in [1.29, 1.82) is 0 Å². The SMILES string of the molecule is COc1cccc(/C=N/N2CC(=O)N3Cc4[nH]c5ccccc5c4C[C@H]3C2=O)c1. The number of methoxy groups -OCH3 is 1. The lowest BCUT2D eigenvalue weighted by atomic mass is 9.94. The molecule has 2 aromatic carbocycles. The number of rotatable bonds is 3. The van der Waals surface area contributed by atoms with E-state index in [4.69, 9.17) is 4.74 Å². The summed E-state index contributed by atoms with van der Waals surface area (Å²) in [6, 6.07) is 14.9. The predicted molar refractivity (Wildman–Crippen MR) is 109 cm³/mol. The first-order chi connectivity index (χ1) is 14.1. The molecule has 5 rings (SSSR count). The zero-order valence-corrected chi connectivity index (χ0v) is 16.0. The van der Waals surface area contributed by atoms with Crippen LogP contribution in [0.2, 0.25) is 0 Å². The third-order valence-electron chi connectivity index (χ3n) is 5.59. The van der Waals surface area contributed by atoms with Gasteiger partial charge in [0.2, 0.25) is 5.91 Å². The van der Waals surface area contributed by atoms with E-state index in [-0.39, 0.29) is 18.4 Å². The average Bonchev–Trinajstić information content (AvgIpc) is 3.12. The van der Waals surface area contributed by atoms with Gasteiger partial charge in [-0.1, -0.05) is 30.3 Å². The fourth-order valence-electron chi connectivity index (χ4n) is 4.12. The van der Waals surface area contributed by atoms with Crippen LogP contribution < -0.4 is 4.74 Å². The van der Waals surface area contributed by atoms with Gasteiger partial charge in [-0.3, -0.25) is 9.59 Å². The first-order valence-corrected chi connectivity index (χ1v) is 9.51. The topological polar surface area (TPSA) is 78.0 Å². The maximum absolute atomic E-state index is 13.1. The Hall–Kier alpha value is -3.61. The van der Waals surface area contributed by atoms with E-state index in [0.29, 0.717) is 18.7 Å². The van der Waals surface area contributed by atoms with E-state index in [2.05, 4.69) is 10.1 Å². The molecule has 0 spiro atoms. The maximum atomic E-state index is 13.1. The van der Waals surface area contributed by atoms with Crippen LogP contribution in [0.15, 0.2) is 53.6 Å². The molecule has 0 saturated carbocycles. The number of carbonyl (C=O) groups is 2. The zero-order valence-electron chi connectivity index (χ0n) is 16.0. The second-order valence-corrected chi connectivity index (χ2v) is 7.29. The van der Waals surface area contributed by atoms with Gasteiger partial charge < -0.3 is 14.6 Å². The van der Waals surface area contributed by atoms with Crippen molar-refractivity contribution in [2.75, 3.05) is 13.7 Å². The molecule has 146 valence electrons. The van der Waals surface area contributed by atoms with Crippen LogP contribution in [0.3, 0.4) is 0 Å². The summed E-state index contributed by atoms with van der Waals surface area (Å²) < 4.78 is 5.21. The van der Waals surface area contributed by atoms with Crippen molar-refractivity contribution >= 4 is 28.9 Å². The minimum Gasteiger partial charge on any atom is -0.497 e. The minimum atomic E-state index is -0.523. The number of aromatic nitrogens is 1. The molecule has 2 aliphatic heterocycles. The van der Waals surface area contributed by atoms with E-state index in [0.717, 1.165) is 27.7 Å². The van der Waals surface area contributed by atoms with Crippen molar-refractivity contribution < 1.29 is 14.3 Å². The number of benzene rings is 2. The number of fused-ring (bicyclic) bond motifs is 4. The number of H-pyrrole nitrogens is 1. The van der Waals surface area contributed by atoms with Crippen LogP contribution in [0, 0.1) is 0 Å². The van der Waals surface area contributed by atoms with Crippen LogP contribution in [0.5, 0.6) is 5.75 Å². The quantitative estimate of drug-likeness (QED) is 0.700. The van der Waals surface area contributed by atoms with Crippen molar-refractivity contribution in [3.63, 3.8) is 0 Å². The monoisotopic (exact) mass is 388 g/mol. The molecule has 1 saturated heterocycles. The van der Waals surface area contributed by atoms with Crippen LogP contribution >= 0.6 is 0 Å². The van der Waals surface area contributed by atoms with Gasteiger partial charge in [0, 0.05) is 23.0 Å². The third kappa shape index (κ3) is 2.95. The second kappa shape index (κ2) is 6.77. The standard InChI is InChI=1S/C22H20N4O3/c1-29-15-6-4-5-14(9-15)11-23-26-13-21(27)25-12-19-17(10-20(25)22(26)28)16-7-2-3-8-18(16)24-19/h2-9,11,20,24H,10,12-13H2,1H3/b23-11+/t20-/m0/s1. The molecule has 2 amide bonds. The Morgan fingerprint density at radius 2 is 2.00 bits per heavy atom. The summed E-state index contributed by atoms with van der Waals surface area (Å²) in [7, 11) is 1.60. The summed E-state index contributed by atoms with van der Waals surface area (Å²) in [4.78, 5) is 30.9. The van der Waals surface area contributed by atoms with Crippen molar-refractivity contribution in [1.82, 2.24) is 14.9 Å². The highest BCUT2D eigenvalue weighted by Gasteiger charge is 2.43. The van der Waals surface area contributed by atoms with E-state index in [1.165, 1.54) is 5.01 Å². The highest BCUT2D eigenvalue weighted by molar-refractivity contribution is 5.97. The number of hydrogen-bond acceptors (Lipinski definition) is 4. The number of aromatic amines is 1. The molecule has 1 fully saturated rings. The number of hydrogen-bond donors (Lipinski definition) is 1. The van der Waals surface area contributed by atoms with Crippen molar-refractivity contribution in [3.05, 3.63) is 65.4 Å². The smallest absolute Gasteiger partial charge is 0.266 e. The lowest BCUT2D eigenvalue weighted by Crippen LogP contribution is -2.60. The molecule has 7 nitrogen and oxygen atoms in total. The molecule has 1 N–H and O–H groups in total. The normalized spacial score (nSPS) is 19.0. The predicted octanol–water partition coefficient (Wildman–Crippen LogP) is 2.31. The number of carbonyl (C=O) groups excluding carboxylic acids is 2. The van der Waals surface area contributed by atoms with Gasteiger partial charge in [-0.05, 0) is 29.3 Å². The molecule has 29 heavy (non-hydrogen) atoms. The first-order valence-electron chi connectivity index (χ1n) is 9.51. The lowest BCUT2D eigenvalue weighted by Gasteiger charge is -2.40. The number of nitrogens with zero attached hydrogens (tertiary/aromatic N) is 3. The van der Waals surface area contributed by atoms with E-state index < -0.39 is 6.04 Å². The van der Waals surface area contributed by atoms with Gasteiger partial charge in [-0.2, -0.15) is 5.10 Å². The Kier molecular flexibility index (Phi) is 4.08. The molecule has 2 aliphatic rings. The molecular formula is C22H20N4O3. The lowest BCUT2D eigenvalue weighted by molar-refractivity contribution is -0.157. The molecule has 3 heterocycles. The third-order valence-corrected chi connectivity index (χ3v) is 5.59. The molecule has 1 aromatic heterocycles. The van der Waals surface area contributed by atoms with Gasteiger partial charge in [-0.15, -0.1) is 0 Å². The van der Waals surface area contributed by atoms with Crippen LogP contribution in [0.1, 0.15) is 16.8 Å². The average molecular weight is 388 g/mol. The number of nitrogens with one attached hydrogen (secondary N) is 1. The van der Waals surface area contributed by atoms with E-state index in [1.807, 2.05) is 48.5 Å². The number of ether oxygens (including phenoxy) is 1. The van der Waals surface area contributed by atoms with E-state index >= 15 is 0 Å². The highest BCUT2D eigenvalue weighted by Crippen LogP contribution is 2.32. The fourth-order valence-corrected chi connectivity index (χ4v) is 4.12. The molecular weight excluding hydrogens is 368 g/mol. The van der Waals surface area contributed by atoms with Crippen molar-refractivity contribution in [3.8, 4) is 5.75 Å². The Balaban J connectivity index is 1.43. The van der Waals surface area contributed by atoms with Crippen LogP contribution in [-0.4, -0.2) is 52.6 Å². The Bertz CT molecular complexity index is 1150. The van der Waals surface area contributed by atoms with Gasteiger partial charge in [0.1, 0.15) is 18.3 Å². The minimum absolute atomic E-state index is 0.0502. The number of hydrazone groups is 1. The Labute approximate surface area is 167 Å². The first kappa shape index (κ1) is 17.5. The largest absolute Gasteiger partial charge is 0.497 e. The summed E-state index contributed by atoms with van der Waals surface area (Å²) in [5, 5.41) is 6.70. The summed E-state index contributed by atoms with van der Waals surface area (Å²) >= 11 is 0. The number of para-hydroxylation sites is 1. The Morgan fingerprint density at radius 3 is 2.86 bits per heavy atom. The molecule has 0 radical (unpaired) electrons. The summed E-state index contributed by atoms with van der Waals surface area (Å²) in [5.41, 5.74) is 3.96. The highest BCUT2D eigenvalue weighted by atomic mass is 16.5. The molecule has 0 bridgehead atoms. The summed E-state index contributed by atoms with van der Waals surface area (Å²) in [5.74, 6) is 0.460. The van der Waals surface area contributed by atoms with Gasteiger partial charge >= 0.3 is 0 Å². The molecule has 7 heteroatoms. The van der Waals surface area contributed by atoms with Crippen LogP contribution in [-0.2, 0) is 22.6 Å². The van der Waals surface area contributed by atoms with E-state index in [1.54, 1.807) is 18.2 Å². The Morgan fingerprint density at radius 1 is 1.14 bits per heavy atom. The van der Waals surface area contributed by atoms with Crippen LogP contribution in [0.25, 0.3) is 10.9 Å². The van der Waals surface area contributed by atoms with Crippen molar-refractivity contribution in [2.24, 2.45) is 5.10 Å². The summed E-state index contributed by atoms with van der Waals surface area (Å²) in [6.45, 7) is 0.373. The van der Waals surface area contributed by atoms with Gasteiger partial charge in [0.25, 0.3) is 5.91 Å². The van der Waals surface area contributed by atoms with E-state index in [9.17, 15) is 9.59 Å². The molecule has 3 aromatic rings. The number of amides is 2. The van der Waals surface area contributed by atoms with Gasteiger partial charge in [0.15, 0.2) is 0 Å². The molecule has 0 unspecified atom stereocenters. The maximum Gasteiger partial charge on any atom is 0.266 e. The number of piperazine rings is 1. The van der Waals surface area contributed by atoms with Gasteiger partial charge in [0.05, 0.1) is 19.9 Å². The summed E-state index contributed by atoms with van der Waals surface area (Å²) in [6.07, 6.45) is 2.08. The van der Waals surface area contributed by atoms with Crippen LogP contribution in [0.4, 0.5) is 0 Å². The fraction of sp³-hybridized carbons (Fsp3) is 0.227. The zero-order chi connectivity index (χ0) is 20.0. The molecule has 0 aliphatic carbocycles. The van der Waals surface area contributed by atoms with Crippen molar-refractivity contribution in [2.45, 2.75) is 19.0 Å². The second-order valence-electron chi connectivity index (χ2n) is 7.29. The molecule has 1 atom stereocenters.